The largest absolute Gasteiger partial charge is 0.418 e. The molecule has 8 nitrogen and oxygen atoms in total. The lowest BCUT2D eigenvalue weighted by atomic mass is 10.0. The van der Waals surface area contributed by atoms with Crippen molar-refractivity contribution >= 4 is 58.3 Å². The SMILES string of the molecule is Cc1ccc(C(=O)Oc2c3nc(c(-c4ccccc4)c4ccc([nH]4)c(OC(=O)c4ccc(C)cc4)c4nc(c(-c5ccccc5)c5ccc2[nH]5)C=C4)C=C3)cc1. The van der Waals surface area contributed by atoms with Gasteiger partial charge in [0.05, 0.1) is 33.5 Å². The molecule has 5 heterocycles. The zero-order valence-corrected chi connectivity index (χ0v) is 30.5. The Morgan fingerprint density at radius 1 is 0.429 bits per heavy atom. The van der Waals surface area contributed by atoms with Crippen molar-refractivity contribution in [1.82, 2.24) is 19.9 Å². The molecule has 0 saturated carbocycles. The molecule has 2 N–H and O–H groups in total. The van der Waals surface area contributed by atoms with Gasteiger partial charge < -0.3 is 19.4 Å². The van der Waals surface area contributed by atoms with Gasteiger partial charge in [0.15, 0.2) is 11.5 Å². The molecule has 2 aliphatic heterocycles. The second-order valence-corrected chi connectivity index (χ2v) is 13.7. The number of fused-ring (bicyclic) bond motifs is 8. The minimum absolute atomic E-state index is 0.280. The van der Waals surface area contributed by atoms with Gasteiger partial charge in [0.1, 0.15) is 11.4 Å². The highest BCUT2D eigenvalue weighted by Gasteiger charge is 2.21. The standard InChI is InChI=1S/C48H34N4O4/c1-29-13-17-33(18-14-29)47(53)55-45-39-25-21-35(49-39)43(31-9-5-3-6-10-31)37-23-27-41(51-37)46(56-48(54)34-19-15-30(2)16-20-34)42-28-24-38(52-42)44(32-11-7-4-8-12-32)36-22-26-40(45)50-36/h3-28,49,52H,1-2H3. The number of hydrogen-bond acceptors (Lipinski definition) is 6. The van der Waals surface area contributed by atoms with Crippen LogP contribution in [0.1, 0.15) is 54.6 Å². The number of hydrogen-bond donors (Lipinski definition) is 2. The number of benzene rings is 4. The summed E-state index contributed by atoms with van der Waals surface area (Å²) in [6.45, 7) is 3.94. The fourth-order valence-corrected chi connectivity index (χ4v) is 6.87. The van der Waals surface area contributed by atoms with Crippen LogP contribution in [0.15, 0.2) is 133 Å². The van der Waals surface area contributed by atoms with Crippen LogP contribution in [0.25, 0.3) is 68.6 Å². The number of aromatic amines is 2. The summed E-state index contributed by atoms with van der Waals surface area (Å²) in [5.74, 6) is -0.451. The predicted molar refractivity (Wildman–Crippen MR) is 222 cm³/mol. The maximum Gasteiger partial charge on any atom is 0.343 e. The summed E-state index contributed by atoms with van der Waals surface area (Å²) in [6, 6.07) is 42.0. The van der Waals surface area contributed by atoms with E-state index in [0.29, 0.717) is 44.9 Å². The smallest absolute Gasteiger partial charge is 0.343 e. The predicted octanol–water partition coefficient (Wildman–Crippen LogP) is 11.0. The quantitative estimate of drug-likeness (QED) is 0.165. The number of nitrogens with zero attached hydrogens (tertiary/aromatic N) is 2. The summed E-state index contributed by atoms with van der Waals surface area (Å²) in [4.78, 5) is 44.7. The van der Waals surface area contributed by atoms with Crippen molar-refractivity contribution in [3.8, 4) is 33.8 Å². The molecule has 7 aromatic rings. The van der Waals surface area contributed by atoms with Crippen molar-refractivity contribution in [3.05, 3.63) is 178 Å². The lowest BCUT2D eigenvalue weighted by Crippen LogP contribution is -2.09. The van der Waals surface area contributed by atoms with Gasteiger partial charge in [0.2, 0.25) is 0 Å². The second-order valence-electron chi connectivity index (χ2n) is 13.7. The molecule has 0 aliphatic carbocycles. The third-order valence-corrected chi connectivity index (χ3v) is 9.75. The van der Waals surface area contributed by atoms with Crippen LogP contribution in [-0.4, -0.2) is 31.9 Å². The van der Waals surface area contributed by atoms with E-state index >= 15 is 0 Å². The van der Waals surface area contributed by atoms with E-state index < -0.39 is 11.9 Å². The lowest BCUT2D eigenvalue weighted by molar-refractivity contribution is 0.0726. The average molecular weight is 731 g/mol. The molecule has 0 radical (unpaired) electrons. The van der Waals surface area contributed by atoms with Crippen LogP contribution in [0.3, 0.4) is 0 Å². The minimum atomic E-state index is -0.505. The minimum Gasteiger partial charge on any atom is -0.418 e. The Bertz CT molecular complexity index is 2690. The van der Waals surface area contributed by atoms with Crippen molar-refractivity contribution in [2.75, 3.05) is 0 Å². The van der Waals surface area contributed by atoms with Crippen LogP contribution in [-0.2, 0) is 0 Å². The average Bonchev–Trinajstić information content (AvgIpc) is 4.07. The molecule has 4 aromatic carbocycles. The number of carbonyl (C=O) groups excluding carboxylic acids is 2. The number of H-pyrrole nitrogens is 2. The molecular weight excluding hydrogens is 697 g/mol. The summed E-state index contributed by atoms with van der Waals surface area (Å²) in [5.41, 5.74) is 11.1. The van der Waals surface area contributed by atoms with Crippen molar-refractivity contribution in [1.29, 1.82) is 0 Å². The highest BCUT2D eigenvalue weighted by atomic mass is 16.5. The molecule has 8 bridgehead atoms. The van der Waals surface area contributed by atoms with E-state index in [1.54, 1.807) is 24.3 Å². The first-order valence-electron chi connectivity index (χ1n) is 18.2. The van der Waals surface area contributed by atoms with E-state index in [-0.39, 0.29) is 11.5 Å². The lowest BCUT2D eigenvalue weighted by Gasteiger charge is -2.08. The van der Waals surface area contributed by atoms with Crippen molar-refractivity contribution in [2.24, 2.45) is 0 Å². The third kappa shape index (κ3) is 6.60. The number of esters is 2. The van der Waals surface area contributed by atoms with Crippen LogP contribution in [0, 0.1) is 13.8 Å². The number of rotatable bonds is 6. The Labute approximate surface area is 322 Å². The van der Waals surface area contributed by atoms with Crippen molar-refractivity contribution in [3.63, 3.8) is 0 Å². The van der Waals surface area contributed by atoms with E-state index in [9.17, 15) is 9.59 Å². The zero-order chi connectivity index (χ0) is 38.2. The molecule has 9 rings (SSSR count). The third-order valence-electron chi connectivity index (χ3n) is 9.75. The molecule has 8 heteroatoms. The van der Waals surface area contributed by atoms with Crippen LogP contribution >= 0.6 is 0 Å². The van der Waals surface area contributed by atoms with Gasteiger partial charge in [-0.05, 0) is 97.8 Å². The van der Waals surface area contributed by atoms with Gasteiger partial charge in [-0.2, -0.15) is 0 Å². The van der Waals surface area contributed by atoms with Crippen LogP contribution in [0.5, 0.6) is 11.5 Å². The van der Waals surface area contributed by atoms with E-state index in [4.69, 9.17) is 19.4 Å². The van der Waals surface area contributed by atoms with Gasteiger partial charge in [-0.3, -0.25) is 0 Å². The number of nitrogens with one attached hydrogen (secondary N) is 2. The van der Waals surface area contributed by atoms with Gasteiger partial charge in [-0.1, -0.05) is 96.1 Å². The molecule has 56 heavy (non-hydrogen) atoms. The number of carbonyl (C=O) groups is 2. The molecule has 0 saturated heterocycles. The monoisotopic (exact) mass is 730 g/mol. The highest BCUT2D eigenvalue weighted by molar-refractivity contribution is 5.98. The Balaban J connectivity index is 1.36. The summed E-state index contributed by atoms with van der Waals surface area (Å²) < 4.78 is 12.5. The Morgan fingerprint density at radius 3 is 1.18 bits per heavy atom. The second kappa shape index (κ2) is 14.3. The van der Waals surface area contributed by atoms with E-state index in [0.717, 1.165) is 44.4 Å². The first-order chi connectivity index (χ1) is 27.4. The fourth-order valence-electron chi connectivity index (χ4n) is 6.87. The van der Waals surface area contributed by atoms with Crippen molar-refractivity contribution < 1.29 is 19.1 Å². The Kier molecular flexibility index (Phi) is 8.76. The first-order valence-corrected chi connectivity index (χ1v) is 18.2. The van der Waals surface area contributed by atoms with Gasteiger partial charge in [0, 0.05) is 22.2 Å². The topological polar surface area (TPSA) is 110 Å². The summed E-state index contributed by atoms with van der Waals surface area (Å²) in [5, 5.41) is 0. The van der Waals surface area contributed by atoms with Gasteiger partial charge >= 0.3 is 11.9 Å². The zero-order valence-electron chi connectivity index (χ0n) is 30.5. The maximum absolute atomic E-state index is 13.7. The highest BCUT2D eigenvalue weighted by Crippen LogP contribution is 2.37. The van der Waals surface area contributed by atoms with Crippen LogP contribution in [0.4, 0.5) is 0 Å². The van der Waals surface area contributed by atoms with E-state index in [1.165, 1.54) is 0 Å². The first kappa shape index (κ1) is 34.2. The van der Waals surface area contributed by atoms with Gasteiger partial charge in [0.25, 0.3) is 0 Å². The molecule has 0 fully saturated rings. The van der Waals surface area contributed by atoms with Crippen molar-refractivity contribution in [2.45, 2.75) is 13.8 Å². The number of aromatic nitrogens is 4. The fraction of sp³-hybridized carbons (Fsp3) is 0.0417. The molecule has 0 spiro atoms. The molecular formula is C48H34N4O4. The molecule has 0 unspecified atom stereocenters. The van der Waals surface area contributed by atoms with Gasteiger partial charge in [-0.25, -0.2) is 19.6 Å². The summed E-state index contributed by atoms with van der Waals surface area (Å²) in [7, 11) is 0. The molecule has 0 atom stereocenters. The van der Waals surface area contributed by atoms with Crippen LogP contribution in [0.2, 0.25) is 0 Å². The van der Waals surface area contributed by atoms with E-state index in [1.807, 2.05) is 147 Å². The van der Waals surface area contributed by atoms with Gasteiger partial charge in [-0.15, -0.1) is 0 Å². The summed E-state index contributed by atoms with van der Waals surface area (Å²) in [6.07, 6.45) is 7.53. The van der Waals surface area contributed by atoms with E-state index in [2.05, 4.69) is 9.97 Å². The molecule has 2 aliphatic rings. The molecule has 0 amide bonds. The normalized spacial score (nSPS) is 11.8. The molecule has 3 aromatic heterocycles. The van der Waals surface area contributed by atoms with Crippen LogP contribution < -0.4 is 9.47 Å². The number of ether oxygens (including phenoxy) is 2. The Hall–Kier alpha value is -7.58. The number of aryl methyl sites for hydroxylation is 2. The maximum atomic E-state index is 13.7. The Morgan fingerprint density at radius 2 is 0.786 bits per heavy atom. The summed E-state index contributed by atoms with van der Waals surface area (Å²) >= 11 is 0. The molecule has 270 valence electrons.